The van der Waals surface area contributed by atoms with Crippen LogP contribution in [0.3, 0.4) is 0 Å². The molecule has 0 saturated heterocycles. The van der Waals surface area contributed by atoms with E-state index in [4.69, 9.17) is 16.9 Å². The molecule has 4 nitrogen and oxygen atoms in total. The Kier molecular flexibility index (Phi) is 3.91. The van der Waals surface area contributed by atoms with Crippen molar-refractivity contribution in [2.45, 2.75) is 24.2 Å². The molecule has 18 heavy (non-hydrogen) atoms. The number of rotatable bonds is 4. The smallest absolute Gasteiger partial charge is 0.211 e. The van der Waals surface area contributed by atoms with Crippen molar-refractivity contribution in [3.63, 3.8) is 0 Å². The van der Waals surface area contributed by atoms with Gasteiger partial charge in [-0.05, 0) is 37.0 Å². The van der Waals surface area contributed by atoms with Gasteiger partial charge in [0.25, 0.3) is 0 Å². The lowest BCUT2D eigenvalue weighted by Crippen LogP contribution is -2.32. The van der Waals surface area contributed by atoms with E-state index in [1.165, 1.54) is 24.6 Å². The molecule has 0 spiro atoms. The first-order valence-corrected chi connectivity index (χ1v) is 7.58. The average Bonchev–Trinajstić information content (AvgIpc) is 2.26. The molecule has 0 radical (unpaired) electrons. The molecule has 1 saturated carbocycles. The first kappa shape index (κ1) is 13.3. The third kappa shape index (κ3) is 2.83. The number of hydrogen-bond acceptors (Lipinski definition) is 3. The van der Waals surface area contributed by atoms with Crippen molar-refractivity contribution in [3.8, 4) is 6.07 Å². The van der Waals surface area contributed by atoms with E-state index in [0.29, 0.717) is 12.5 Å². The van der Waals surface area contributed by atoms with Gasteiger partial charge in [-0.15, -0.1) is 0 Å². The summed E-state index contributed by atoms with van der Waals surface area (Å²) in [4.78, 5) is 0.103. The van der Waals surface area contributed by atoms with Gasteiger partial charge >= 0.3 is 0 Å². The van der Waals surface area contributed by atoms with Gasteiger partial charge in [0.1, 0.15) is 6.07 Å². The minimum absolute atomic E-state index is 0.103. The van der Waals surface area contributed by atoms with Crippen molar-refractivity contribution < 1.29 is 8.42 Å². The quantitative estimate of drug-likeness (QED) is 0.922. The Labute approximate surface area is 112 Å². The lowest BCUT2D eigenvalue weighted by molar-refractivity contribution is 0.316. The average molecular weight is 285 g/mol. The van der Waals surface area contributed by atoms with Crippen molar-refractivity contribution in [3.05, 3.63) is 28.8 Å². The Morgan fingerprint density at radius 3 is 2.67 bits per heavy atom. The van der Waals surface area contributed by atoms with Crippen LogP contribution in [0.1, 0.15) is 24.8 Å². The highest BCUT2D eigenvalue weighted by Gasteiger charge is 2.21. The molecule has 1 aliphatic rings. The summed E-state index contributed by atoms with van der Waals surface area (Å²) in [5.74, 6) is 0.452. The molecule has 1 fully saturated rings. The Morgan fingerprint density at radius 1 is 1.44 bits per heavy atom. The van der Waals surface area contributed by atoms with E-state index in [9.17, 15) is 8.42 Å². The second-order valence-corrected chi connectivity index (χ2v) is 6.58. The molecule has 0 unspecified atom stereocenters. The lowest BCUT2D eigenvalue weighted by atomic mass is 9.86. The normalized spacial score (nSPS) is 16.0. The molecule has 0 heterocycles. The molecule has 96 valence electrons. The molecule has 1 aromatic carbocycles. The maximum absolute atomic E-state index is 12.0. The van der Waals surface area contributed by atoms with Gasteiger partial charge in [-0.2, -0.15) is 5.26 Å². The van der Waals surface area contributed by atoms with Gasteiger partial charge in [0, 0.05) is 6.54 Å². The molecule has 1 N–H and O–H groups in total. The number of nitrogens with zero attached hydrogens (tertiary/aromatic N) is 1. The van der Waals surface area contributed by atoms with Crippen LogP contribution in [0, 0.1) is 17.2 Å². The molecule has 2 rings (SSSR count). The van der Waals surface area contributed by atoms with Crippen LogP contribution in [0.2, 0.25) is 5.02 Å². The SMILES string of the molecule is N#Cc1ccc(S(=O)(=O)NCC2CCC2)cc1Cl. The minimum Gasteiger partial charge on any atom is -0.211 e. The lowest BCUT2D eigenvalue weighted by Gasteiger charge is -2.25. The molecule has 1 aromatic rings. The van der Waals surface area contributed by atoms with E-state index in [2.05, 4.69) is 4.72 Å². The highest BCUT2D eigenvalue weighted by atomic mass is 35.5. The van der Waals surface area contributed by atoms with Crippen molar-refractivity contribution >= 4 is 21.6 Å². The van der Waals surface area contributed by atoms with Crippen LogP contribution < -0.4 is 4.72 Å². The molecule has 0 bridgehead atoms. The van der Waals surface area contributed by atoms with Gasteiger partial charge in [0.15, 0.2) is 0 Å². The second-order valence-electron chi connectivity index (χ2n) is 4.40. The third-order valence-corrected chi connectivity index (χ3v) is 4.89. The zero-order valence-corrected chi connectivity index (χ0v) is 11.3. The number of sulfonamides is 1. The summed E-state index contributed by atoms with van der Waals surface area (Å²) in [7, 11) is -3.52. The van der Waals surface area contributed by atoms with Crippen LogP contribution in [0.5, 0.6) is 0 Å². The minimum atomic E-state index is -3.52. The fraction of sp³-hybridized carbons (Fsp3) is 0.417. The summed E-state index contributed by atoms with van der Waals surface area (Å²) in [6, 6.07) is 6.02. The summed E-state index contributed by atoms with van der Waals surface area (Å²) in [6.45, 7) is 0.472. The largest absolute Gasteiger partial charge is 0.240 e. The van der Waals surface area contributed by atoms with Crippen LogP contribution in [-0.2, 0) is 10.0 Å². The van der Waals surface area contributed by atoms with Crippen molar-refractivity contribution in [1.82, 2.24) is 4.72 Å². The molecule has 6 heteroatoms. The van der Waals surface area contributed by atoms with Crippen molar-refractivity contribution in [2.24, 2.45) is 5.92 Å². The zero-order chi connectivity index (χ0) is 13.2. The Balaban J connectivity index is 2.13. The fourth-order valence-electron chi connectivity index (χ4n) is 1.76. The Bertz CT molecular complexity index is 589. The van der Waals surface area contributed by atoms with Gasteiger partial charge in [-0.1, -0.05) is 18.0 Å². The summed E-state index contributed by atoms with van der Waals surface area (Å²) in [6.07, 6.45) is 3.34. The first-order valence-electron chi connectivity index (χ1n) is 5.72. The maximum atomic E-state index is 12.0. The molecule has 0 aromatic heterocycles. The van der Waals surface area contributed by atoms with Crippen molar-refractivity contribution in [2.75, 3.05) is 6.54 Å². The third-order valence-electron chi connectivity index (χ3n) is 3.16. The van der Waals surface area contributed by atoms with E-state index >= 15 is 0 Å². The van der Waals surface area contributed by atoms with Crippen LogP contribution in [0.15, 0.2) is 23.1 Å². The topological polar surface area (TPSA) is 70.0 Å². The number of nitrogens with one attached hydrogen (secondary N) is 1. The van der Waals surface area contributed by atoms with Crippen LogP contribution >= 0.6 is 11.6 Å². The molecular weight excluding hydrogens is 272 g/mol. The van der Waals surface area contributed by atoms with Crippen LogP contribution in [-0.4, -0.2) is 15.0 Å². The summed E-state index contributed by atoms with van der Waals surface area (Å²) < 4.78 is 26.5. The number of hydrogen-bond donors (Lipinski definition) is 1. The van der Waals surface area contributed by atoms with E-state index in [1.54, 1.807) is 0 Å². The highest BCUT2D eigenvalue weighted by Crippen LogP contribution is 2.26. The predicted molar refractivity (Wildman–Crippen MR) is 68.7 cm³/mol. The van der Waals surface area contributed by atoms with Crippen LogP contribution in [0.25, 0.3) is 0 Å². The predicted octanol–water partition coefficient (Wildman–Crippen LogP) is 2.29. The molecule has 0 aliphatic heterocycles. The summed E-state index contributed by atoms with van der Waals surface area (Å²) in [5.41, 5.74) is 0.273. The maximum Gasteiger partial charge on any atom is 0.240 e. The second kappa shape index (κ2) is 5.27. The highest BCUT2D eigenvalue weighted by molar-refractivity contribution is 7.89. The number of nitriles is 1. The molecule has 0 amide bonds. The number of halogens is 1. The fourth-order valence-corrected chi connectivity index (χ4v) is 3.19. The van der Waals surface area contributed by atoms with E-state index in [0.717, 1.165) is 12.8 Å². The van der Waals surface area contributed by atoms with Crippen LogP contribution in [0.4, 0.5) is 0 Å². The van der Waals surface area contributed by atoms with E-state index < -0.39 is 10.0 Å². The van der Waals surface area contributed by atoms with Gasteiger partial charge in [-0.3, -0.25) is 0 Å². The summed E-state index contributed by atoms with van der Waals surface area (Å²) in [5, 5.41) is 8.88. The van der Waals surface area contributed by atoms with Gasteiger partial charge in [-0.25, -0.2) is 13.1 Å². The zero-order valence-electron chi connectivity index (χ0n) is 9.69. The summed E-state index contributed by atoms with van der Waals surface area (Å²) >= 11 is 5.82. The monoisotopic (exact) mass is 284 g/mol. The van der Waals surface area contributed by atoms with Crippen molar-refractivity contribution in [1.29, 1.82) is 5.26 Å². The molecular formula is C12H13ClN2O2S. The van der Waals surface area contributed by atoms with Gasteiger partial charge < -0.3 is 0 Å². The number of benzene rings is 1. The Hall–Kier alpha value is -1.09. The van der Waals surface area contributed by atoms with E-state index in [1.807, 2.05) is 6.07 Å². The van der Waals surface area contributed by atoms with Gasteiger partial charge in [0.2, 0.25) is 10.0 Å². The standard InChI is InChI=1S/C12H13ClN2O2S/c13-12-6-11(5-4-10(12)7-14)18(16,17)15-8-9-2-1-3-9/h4-6,9,15H,1-3,8H2. The van der Waals surface area contributed by atoms with E-state index in [-0.39, 0.29) is 15.5 Å². The molecule has 0 atom stereocenters. The van der Waals surface area contributed by atoms with Gasteiger partial charge in [0.05, 0.1) is 15.5 Å². The first-order chi connectivity index (χ1) is 8.53. The Morgan fingerprint density at radius 2 is 2.17 bits per heavy atom. The molecule has 1 aliphatic carbocycles.